The smallest absolute Gasteiger partial charge is 0.450 e. The Morgan fingerprint density at radius 2 is 1.56 bits per heavy atom. The fourth-order valence-corrected chi connectivity index (χ4v) is 3.18. The summed E-state index contributed by atoms with van der Waals surface area (Å²) in [4.78, 5) is 25.0. The molecule has 0 atom stereocenters. The van der Waals surface area contributed by atoms with E-state index in [1.165, 1.54) is 48.6 Å². The largest absolute Gasteiger partial charge is 0.450 e. The van der Waals surface area contributed by atoms with E-state index in [0.717, 1.165) is 11.6 Å². The monoisotopic (exact) mass is 436 g/mol. The van der Waals surface area contributed by atoms with Crippen molar-refractivity contribution >= 4 is 23.0 Å². The van der Waals surface area contributed by atoms with Crippen LogP contribution in [0.3, 0.4) is 0 Å². The van der Waals surface area contributed by atoms with Gasteiger partial charge in [0.25, 0.3) is 0 Å². The summed E-state index contributed by atoms with van der Waals surface area (Å²) in [6, 6.07) is 20.2. The Morgan fingerprint density at radius 3 is 2.22 bits per heavy atom. The van der Waals surface area contributed by atoms with E-state index in [4.69, 9.17) is 9.15 Å². The van der Waals surface area contributed by atoms with Crippen LogP contribution in [0.5, 0.6) is 5.75 Å². The summed E-state index contributed by atoms with van der Waals surface area (Å²) in [6.07, 6.45) is -2.17. The highest BCUT2D eigenvalue weighted by Crippen LogP contribution is 2.37. The Hall–Kier alpha value is -4.13. The summed E-state index contributed by atoms with van der Waals surface area (Å²) < 4.78 is 51.3. The van der Waals surface area contributed by atoms with Crippen LogP contribution in [0.25, 0.3) is 28.2 Å². The lowest BCUT2D eigenvalue weighted by Gasteiger charge is -2.13. The van der Waals surface area contributed by atoms with Crippen molar-refractivity contribution in [2.45, 2.75) is 6.18 Å². The lowest BCUT2D eigenvalue weighted by atomic mass is 10.0. The third-order valence-electron chi connectivity index (χ3n) is 4.61. The molecule has 0 N–H and O–H groups in total. The molecule has 160 valence electrons. The normalized spacial score (nSPS) is 11.7. The van der Waals surface area contributed by atoms with Crippen LogP contribution in [0.15, 0.2) is 94.2 Å². The zero-order chi connectivity index (χ0) is 22.7. The summed E-state index contributed by atoms with van der Waals surface area (Å²) in [7, 11) is 0. The minimum Gasteiger partial charge on any atom is -0.450 e. The highest BCUT2D eigenvalue weighted by molar-refractivity contribution is 5.90. The van der Waals surface area contributed by atoms with E-state index >= 15 is 0 Å². The summed E-state index contributed by atoms with van der Waals surface area (Å²) in [5, 5.41) is -0.0588. The van der Waals surface area contributed by atoms with Gasteiger partial charge in [-0.2, -0.15) is 13.2 Å². The number of rotatable bonds is 4. The SMILES string of the molecule is O=C(C=Cc1ccccc1)Oc1ccc2c(=O)c(-c3ccccc3)c(C(F)(F)F)oc2c1. The van der Waals surface area contributed by atoms with Gasteiger partial charge in [-0.25, -0.2) is 4.79 Å². The van der Waals surface area contributed by atoms with Gasteiger partial charge in [0.1, 0.15) is 11.3 Å². The molecule has 0 aliphatic rings. The quantitative estimate of drug-likeness (QED) is 0.220. The minimum atomic E-state index is -4.90. The van der Waals surface area contributed by atoms with Crippen LogP contribution < -0.4 is 10.2 Å². The van der Waals surface area contributed by atoms with Crippen LogP contribution in [-0.2, 0) is 11.0 Å². The lowest BCUT2D eigenvalue weighted by Crippen LogP contribution is -2.16. The van der Waals surface area contributed by atoms with Gasteiger partial charge in [-0.3, -0.25) is 4.79 Å². The fraction of sp³-hybridized carbons (Fsp3) is 0.0400. The molecule has 0 spiro atoms. The van der Waals surface area contributed by atoms with E-state index in [2.05, 4.69) is 0 Å². The van der Waals surface area contributed by atoms with Crippen molar-refractivity contribution in [2.75, 3.05) is 0 Å². The lowest BCUT2D eigenvalue weighted by molar-refractivity contribution is -0.152. The molecule has 4 rings (SSSR count). The zero-order valence-corrected chi connectivity index (χ0v) is 16.4. The van der Waals surface area contributed by atoms with E-state index in [0.29, 0.717) is 0 Å². The summed E-state index contributed by atoms with van der Waals surface area (Å²) in [6.45, 7) is 0. The van der Waals surface area contributed by atoms with Gasteiger partial charge < -0.3 is 9.15 Å². The number of hydrogen-bond donors (Lipinski definition) is 0. The van der Waals surface area contributed by atoms with Gasteiger partial charge in [0.2, 0.25) is 11.2 Å². The molecule has 0 fully saturated rings. The molecule has 0 aliphatic heterocycles. The maximum Gasteiger partial charge on any atom is 0.450 e. The fourth-order valence-electron chi connectivity index (χ4n) is 3.18. The molecule has 4 nitrogen and oxygen atoms in total. The van der Waals surface area contributed by atoms with E-state index in [-0.39, 0.29) is 22.3 Å². The molecule has 1 heterocycles. The molecule has 0 saturated heterocycles. The molecule has 7 heteroatoms. The molecule has 0 radical (unpaired) electrons. The van der Waals surface area contributed by atoms with Crippen LogP contribution in [-0.4, -0.2) is 5.97 Å². The third-order valence-corrected chi connectivity index (χ3v) is 4.61. The number of hydrogen-bond acceptors (Lipinski definition) is 4. The van der Waals surface area contributed by atoms with E-state index in [1.54, 1.807) is 30.3 Å². The van der Waals surface area contributed by atoms with Crippen LogP contribution >= 0.6 is 0 Å². The van der Waals surface area contributed by atoms with Crippen molar-refractivity contribution in [3.63, 3.8) is 0 Å². The topological polar surface area (TPSA) is 56.5 Å². The predicted molar refractivity (Wildman–Crippen MR) is 114 cm³/mol. The summed E-state index contributed by atoms with van der Waals surface area (Å²) >= 11 is 0. The number of fused-ring (bicyclic) bond motifs is 1. The first-order valence-corrected chi connectivity index (χ1v) is 9.51. The molecule has 0 unspecified atom stereocenters. The third kappa shape index (κ3) is 4.46. The van der Waals surface area contributed by atoms with Crippen LogP contribution in [0, 0.1) is 0 Å². The average molecular weight is 436 g/mol. The van der Waals surface area contributed by atoms with Crippen molar-refractivity contribution in [1.29, 1.82) is 0 Å². The van der Waals surface area contributed by atoms with Gasteiger partial charge in [-0.1, -0.05) is 60.7 Å². The molecule has 0 bridgehead atoms. The van der Waals surface area contributed by atoms with Gasteiger partial charge >= 0.3 is 12.1 Å². The van der Waals surface area contributed by atoms with Gasteiger partial charge in [0.15, 0.2) is 0 Å². The van der Waals surface area contributed by atoms with Crippen LogP contribution in [0.2, 0.25) is 0 Å². The van der Waals surface area contributed by atoms with Crippen molar-refractivity contribution in [1.82, 2.24) is 0 Å². The van der Waals surface area contributed by atoms with Crippen molar-refractivity contribution < 1.29 is 27.1 Å². The minimum absolute atomic E-state index is 0.0519. The second kappa shape index (κ2) is 8.55. The molecule has 0 aliphatic carbocycles. The van der Waals surface area contributed by atoms with Crippen molar-refractivity contribution in [2.24, 2.45) is 0 Å². The Labute approximate surface area is 180 Å². The molecule has 4 aromatic rings. The first kappa shape index (κ1) is 21.1. The predicted octanol–water partition coefficient (Wildman–Crippen LogP) is 6.10. The zero-order valence-electron chi connectivity index (χ0n) is 16.4. The number of benzene rings is 3. The highest BCUT2D eigenvalue weighted by atomic mass is 19.4. The van der Waals surface area contributed by atoms with E-state index in [9.17, 15) is 22.8 Å². The maximum absolute atomic E-state index is 13.7. The maximum atomic E-state index is 13.7. The van der Waals surface area contributed by atoms with Crippen LogP contribution in [0.1, 0.15) is 11.3 Å². The Morgan fingerprint density at radius 1 is 0.906 bits per heavy atom. The molecule has 0 saturated carbocycles. The molecule has 1 aromatic heterocycles. The summed E-state index contributed by atoms with van der Waals surface area (Å²) in [5.74, 6) is -2.19. The Balaban J connectivity index is 1.72. The standard InChI is InChI=1S/C25H15F3O4/c26-25(27,28)24-22(17-9-5-2-6-10-17)23(30)19-13-12-18(15-20(19)32-24)31-21(29)14-11-16-7-3-1-4-8-16/h1-15H. The van der Waals surface area contributed by atoms with Crippen LogP contribution in [0.4, 0.5) is 13.2 Å². The highest BCUT2D eigenvalue weighted by Gasteiger charge is 2.39. The first-order chi connectivity index (χ1) is 15.3. The average Bonchev–Trinajstić information content (AvgIpc) is 2.78. The summed E-state index contributed by atoms with van der Waals surface area (Å²) in [5.41, 5.74) is -0.860. The molecular weight excluding hydrogens is 421 g/mol. The van der Waals surface area contributed by atoms with Gasteiger partial charge in [0, 0.05) is 12.1 Å². The number of ether oxygens (including phenoxy) is 1. The number of esters is 1. The molecular formula is C25H15F3O4. The first-order valence-electron chi connectivity index (χ1n) is 9.51. The number of alkyl halides is 3. The van der Waals surface area contributed by atoms with Crippen molar-refractivity contribution in [3.05, 3.63) is 106 Å². The van der Waals surface area contributed by atoms with Gasteiger partial charge in [-0.05, 0) is 29.3 Å². The Bertz CT molecular complexity index is 1360. The van der Waals surface area contributed by atoms with Gasteiger partial charge in [-0.15, -0.1) is 0 Å². The molecule has 0 amide bonds. The van der Waals surface area contributed by atoms with Crippen molar-refractivity contribution in [3.8, 4) is 16.9 Å². The number of carbonyl (C=O) groups excluding carboxylic acids is 1. The van der Waals surface area contributed by atoms with E-state index in [1.807, 2.05) is 6.07 Å². The van der Waals surface area contributed by atoms with E-state index < -0.39 is 28.9 Å². The number of halogens is 3. The second-order valence-corrected chi connectivity index (χ2v) is 6.82. The number of carbonyl (C=O) groups is 1. The van der Waals surface area contributed by atoms with Gasteiger partial charge in [0.05, 0.1) is 10.9 Å². The second-order valence-electron chi connectivity index (χ2n) is 6.82. The Kier molecular flexibility index (Phi) is 5.64. The molecule has 32 heavy (non-hydrogen) atoms. The molecule has 3 aromatic carbocycles.